The SMILES string of the molecule is CCON([O-])CCl. The summed E-state index contributed by atoms with van der Waals surface area (Å²) in [6.45, 7) is 2.09. The molecule has 0 spiro atoms. The summed E-state index contributed by atoms with van der Waals surface area (Å²) >= 11 is 5.02. The minimum atomic E-state index is -0.131. The zero-order chi connectivity index (χ0) is 5.70. The quantitative estimate of drug-likeness (QED) is 0.319. The summed E-state index contributed by atoms with van der Waals surface area (Å²) in [6.07, 6.45) is 0. The van der Waals surface area contributed by atoms with Gasteiger partial charge in [-0.25, -0.2) is 5.23 Å². The lowest BCUT2D eigenvalue weighted by molar-refractivity contribution is -0.100. The van der Waals surface area contributed by atoms with Crippen molar-refractivity contribution in [3.8, 4) is 0 Å². The Morgan fingerprint density at radius 3 is 2.57 bits per heavy atom. The minimum absolute atomic E-state index is 0.131. The van der Waals surface area contributed by atoms with E-state index in [2.05, 4.69) is 4.84 Å². The lowest BCUT2D eigenvalue weighted by atomic mass is 10.9. The van der Waals surface area contributed by atoms with E-state index in [1.807, 2.05) is 0 Å². The highest BCUT2D eigenvalue weighted by Gasteiger charge is 1.79. The highest BCUT2D eigenvalue weighted by molar-refractivity contribution is 6.17. The fourth-order valence-electron chi connectivity index (χ4n) is 0.178. The summed E-state index contributed by atoms with van der Waals surface area (Å²) in [5, 5.41) is 10.3. The van der Waals surface area contributed by atoms with Crippen LogP contribution in [0.3, 0.4) is 0 Å². The molecular weight excluding hydrogens is 117 g/mol. The fraction of sp³-hybridized carbons (Fsp3) is 1.00. The molecule has 0 unspecified atom stereocenters. The first-order valence-electron chi connectivity index (χ1n) is 1.94. The Morgan fingerprint density at radius 2 is 2.43 bits per heavy atom. The van der Waals surface area contributed by atoms with Crippen molar-refractivity contribution in [2.45, 2.75) is 6.92 Å². The molecule has 0 heterocycles. The van der Waals surface area contributed by atoms with Gasteiger partial charge in [0.25, 0.3) is 0 Å². The lowest BCUT2D eigenvalue weighted by Crippen LogP contribution is -2.13. The average Bonchev–Trinajstić information content (AvgIpc) is 1.68. The van der Waals surface area contributed by atoms with Crippen LogP contribution in [0.25, 0.3) is 0 Å². The van der Waals surface area contributed by atoms with Gasteiger partial charge in [0.1, 0.15) is 0 Å². The van der Waals surface area contributed by atoms with Crippen LogP contribution in [-0.4, -0.2) is 17.8 Å². The Bertz CT molecular complexity index is 43.9. The number of halogens is 1. The second-order valence-electron chi connectivity index (χ2n) is 0.870. The number of hydrogen-bond acceptors (Lipinski definition) is 3. The molecule has 0 rings (SSSR count). The van der Waals surface area contributed by atoms with Gasteiger partial charge in [0.15, 0.2) is 0 Å². The number of hydroxylamine groups is 2. The lowest BCUT2D eigenvalue weighted by Gasteiger charge is -2.22. The van der Waals surface area contributed by atoms with Crippen LogP contribution >= 0.6 is 11.6 Å². The Labute approximate surface area is 47.3 Å². The molecule has 0 radical (unpaired) electrons. The molecule has 0 saturated heterocycles. The monoisotopic (exact) mass is 124 g/mol. The molecule has 0 aromatic heterocycles. The van der Waals surface area contributed by atoms with E-state index in [1.165, 1.54) is 0 Å². The van der Waals surface area contributed by atoms with Gasteiger partial charge in [0, 0.05) is 0 Å². The molecule has 0 aromatic carbocycles. The fourth-order valence-corrected chi connectivity index (χ4v) is 0.248. The van der Waals surface area contributed by atoms with Crippen LogP contribution in [0.1, 0.15) is 6.92 Å². The first-order valence-corrected chi connectivity index (χ1v) is 2.48. The number of rotatable bonds is 3. The molecule has 3 nitrogen and oxygen atoms in total. The van der Waals surface area contributed by atoms with Crippen molar-refractivity contribution in [1.29, 1.82) is 0 Å². The molecule has 0 atom stereocenters. The van der Waals surface area contributed by atoms with Gasteiger partial charge < -0.3 is 10.0 Å². The van der Waals surface area contributed by atoms with E-state index in [1.54, 1.807) is 6.92 Å². The van der Waals surface area contributed by atoms with Crippen LogP contribution in [0.5, 0.6) is 0 Å². The highest BCUT2D eigenvalue weighted by atomic mass is 35.5. The molecule has 0 fully saturated rings. The maximum absolute atomic E-state index is 9.97. The molecule has 0 bridgehead atoms. The van der Waals surface area contributed by atoms with Crippen molar-refractivity contribution in [3.63, 3.8) is 0 Å². The Kier molecular flexibility index (Phi) is 4.44. The molecule has 0 aliphatic rings. The van der Waals surface area contributed by atoms with Crippen molar-refractivity contribution in [3.05, 3.63) is 5.21 Å². The Hall–Kier alpha value is 0.170. The molecule has 4 heteroatoms. The molecule has 0 aliphatic carbocycles. The summed E-state index contributed by atoms with van der Waals surface area (Å²) in [5.74, 6) is 0. The minimum Gasteiger partial charge on any atom is -0.761 e. The van der Waals surface area contributed by atoms with Gasteiger partial charge in [0.05, 0.1) is 12.6 Å². The molecule has 0 saturated carbocycles. The van der Waals surface area contributed by atoms with Crippen LogP contribution in [0.15, 0.2) is 0 Å². The second-order valence-corrected chi connectivity index (χ2v) is 1.11. The molecule has 7 heavy (non-hydrogen) atoms. The smallest absolute Gasteiger partial charge is 0.0850 e. The van der Waals surface area contributed by atoms with Gasteiger partial charge in [-0.1, -0.05) is 0 Å². The zero-order valence-electron chi connectivity index (χ0n) is 4.06. The second kappa shape index (κ2) is 4.33. The summed E-state index contributed by atoms with van der Waals surface area (Å²) in [7, 11) is 0. The van der Waals surface area contributed by atoms with E-state index in [9.17, 15) is 5.21 Å². The van der Waals surface area contributed by atoms with E-state index in [4.69, 9.17) is 11.6 Å². The summed E-state index contributed by atoms with van der Waals surface area (Å²) in [6, 6.07) is -0.131. The first-order chi connectivity index (χ1) is 3.31. The zero-order valence-corrected chi connectivity index (χ0v) is 4.81. The van der Waals surface area contributed by atoms with Gasteiger partial charge in [-0.3, -0.25) is 0 Å². The van der Waals surface area contributed by atoms with Crippen molar-refractivity contribution < 1.29 is 4.84 Å². The first kappa shape index (κ1) is 7.17. The molecule has 0 aliphatic heterocycles. The third kappa shape index (κ3) is 4.01. The van der Waals surface area contributed by atoms with E-state index in [0.717, 1.165) is 0 Å². The van der Waals surface area contributed by atoms with Crippen LogP contribution < -0.4 is 0 Å². The summed E-state index contributed by atoms with van der Waals surface area (Å²) in [4.78, 5) is 4.34. The van der Waals surface area contributed by atoms with Crippen molar-refractivity contribution in [2.24, 2.45) is 0 Å². The van der Waals surface area contributed by atoms with Crippen molar-refractivity contribution in [2.75, 3.05) is 12.6 Å². The number of alkyl halides is 1. The highest BCUT2D eigenvalue weighted by Crippen LogP contribution is 1.86. The van der Waals surface area contributed by atoms with E-state index >= 15 is 0 Å². The van der Waals surface area contributed by atoms with Crippen LogP contribution in [0.4, 0.5) is 0 Å². The Morgan fingerprint density at radius 1 is 1.86 bits per heavy atom. The van der Waals surface area contributed by atoms with Gasteiger partial charge in [-0.2, -0.15) is 0 Å². The van der Waals surface area contributed by atoms with E-state index < -0.39 is 0 Å². The number of nitrogens with zero attached hydrogens (tertiary/aromatic N) is 1. The van der Waals surface area contributed by atoms with E-state index in [-0.39, 0.29) is 6.00 Å². The molecule has 0 aromatic rings. The van der Waals surface area contributed by atoms with Crippen LogP contribution in [0.2, 0.25) is 0 Å². The molecule has 0 amide bonds. The normalized spacial score (nSPS) is 10.3. The predicted molar refractivity (Wildman–Crippen MR) is 27.6 cm³/mol. The van der Waals surface area contributed by atoms with Gasteiger partial charge in [-0.15, -0.1) is 11.6 Å². The van der Waals surface area contributed by atoms with Crippen LogP contribution in [0, 0.1) is 5.21 Å². The van der Waals surface area contributed by atoms with Crippen molar-refractivity contribution >= 4 is 11.6 Å². The maximum Gasteiger partial charge on any atom is 0.0850 e. The van der Waals surface area contributed by atoms with E-state index in [0.29, 0.717) is 11.8 Å². The van der Waals surface area contributed by atoms with Gasteiger partial charge >= 0.3 is 0 Å². The molecule has 44 valence electrons. The standard InChI is InChI=1S/C3H7ClNO2/c1-2-7-5(6)3-4/h2-3H2,1H3/q-1. The third-order valence-corrected chi connectivity index (χ3v) is 0.566. The maximum atomic E-state index is 9.97. The molecular formula is C3H7ClNO2-. The topological polar surface area (TPSA) is 35.5 Å². The average molecular weight is 125 g/mol. The number of hydrogen-bond donors (Lipinski definition) is 0. The largest absolute Gasteiger partial charge is 0.761 e. The van der Waals surface area contributed by atoms with Gasteiger partial charge in [0.2, 0.25) is 0 Å². The van der Waals surface area contributed by atoms with Crippen molar-refractivity contribution in [1.82, 2.24) is 5.23 Å². The van der Waals surface area contributed by atoms with Crippen LogP contribution in [-0.2, 0) is 4.84 Å². The third-order valence-electron chi connectivity index (χ3n) is 0.371. The molecule has 0 N–H and O–H groups in total. The predicted octanol–water partition coefficient (Wildman–Crippen LogP) is 0.934. The summed E-state index contributed by atoms with van der Waals surface area (Å²) < 4.78 is 0. The van der Waals surface area contributed by atoms with Gasteiger partial charge in [-0.05, 0) is 6.92 Å². The Balaban J connectivity index is 2.83. The summed E-state index contributed by atoms with van der Waals surface area (Å²) in [5.41, 5.74) is 0.